The standard InChI is InChI=1S/C14H21ClN2/c1-17(14-7-2-3-8-16-10-14)11-12-5-4-6-13(15)9-12/h4-6,9,14,16H,2-3,7-8,10-11H2,1H3. The Morgan fingerprint density at radius 2 is 2.29 bits per heavy atom. The largest absolute Gasteiger partial charge is 0.315 e. The first-order valence-corrected chi connectivity index (χ1v) is 6.79. The number of rotatable bonds is 3. The van der Waals surface area contributed by atoms with Crippen molar-refractivity contribution in [3.63, 3.8) is 0 Å². The van der Waals surface area contributed by atoms with Crippen LogP contribution in [-0.2, 0) is 6.54 Å². The van der Waals surface area contributed by atoms with Gasteiger partial charge in [-0.05, 0) is 44.1 Å². The van der Waals surface area contributed by atoms with Crippen molar-refractivity contribution in [1.82, 2.24) is 10.2 Å². The van der Waals surface area contributed by atoms with Gasteiger partial charge in [-0.2, -0.15) is 0 Å². The van der Waals surface area contributed by atoms with E-state index in [0.717, 1.165) is 18.1 Å². The second-order valence-corrected chi connectivity index (χ2v) is 5.34. The molecule has 1 unspecified atom stereocenters. The maximum Gasteiger partial charge on any atom is 0.0409 e. The van der Waals surface area contributed by atoms with Gasteiger partial charge in [0.15, 0.2) is 0 Å². The molecule has 1 saturated heterocycles. The van der Waals surface area contributed by atoms with Crippen LogP contribution in [0.15, 0.2) is 24.3 Å². The molecule has 0 spiro atoms. The Kier molecular flexibility index (Phi) is 4.84. The van der Waals surface area contributed by atoms with E-state index in [-0.39, 0.29) is 0 Å². The predicted molar refractivity (Wildman–Crippen MR) is 73.4 cm³/mol. The average molecular weight is 253 g/mol. The fourth-order valence-electron chi connectivity index (χ4n) is 2.43. The minimum Gasteiger partial charge on any atom is -0.315 e. The van der Waals surface area contributed by atoms with Crippen LogP contribution in [0.1, 0.15) is 24.8 Å². The molecule has 0 saturated carbocycles. The smallest absolute Gasteiger partial charge is 0.0409 e. The second kappa shape index (κ2) is 6.39. The van der Waals surface area contributed by atoms with Crippen molar-refractivity contribution in [2.24, 2.45) is 0 Å². The highest BCUT2D eigenvalue weighted by molar-refractivity contribution is 6.30. The summed E-state index contributed by atoms with van der Waals surface area (Å²) in [5, 5.41) is 4.34. The molecule has 0 amide bonds. The summed E-state index contributed by atoms with van der Waals surface area (Å²) >= 11 is 6.01. The van der Waals surface area contributed by atoms with Crippen molar-refractivity contribution in [2.45, 2.75) is 31.8 Å². The normalized spacial score (nSPS) is 21.5. The van der Waals surface area contributed by atoms with Gasteiger partial charge in [-0.25, -0.2) is 0 Å². The van der Waals surface area contributed by atoms with Gasteiger partial charge < -0.3 is 5.32 Å². The molecular formula is C14H21ClN2. The number of hydrogen-bond acceptors (Lipinski definition) is 2. The molecule has 1 N–H and O–H groups in total. The first-order valence-electron chi connectivity index (χ1n) is 6.41. The molecule has 94 valence electrons. The molecular weight excluding hydrogens is 232 g/mol. The van der Waals surface area contributed by atoms with Crippen LogP contribution in [0.4, 0.5) is 0 Å². The van der Waals surface area contributed by atoms with Crippen LogP contribution < -0.4 is 5.32 Å². The monoisotopic (exact) mass is 252 g/mol. The Morgan fingerprint density at radius 1 is 1.41 bits per heavy atom. The van der Waals surface area contributed by atoms with E-state index in [4.69, 9.17) is 11.6 Å². The van der Waals surface area contributed by atoms with Gasteiger partial charge in [0.05, 0.1) is 0 Å². The van der Waals surface area contributed by atoms with Gasteiger partial charge in [0.1, 0.15) is 0 Å². The lowest BCUT2D eigenvalue weighted by atomic mass is 10.1. The molecule has 0 aliphatic carbocycles. The van der Waals surface area contributed by atoms with Crippen molar-refractivity contribution in [1.29, 1.82) is 0 Å². The van der Waals surface area contributed by atoms with Crippen molar-refractivity contribution < 1.29 is 0 Å². The number of nitrogens with zero attached hydrogens (tertiary/aromatic N) is 1. The minimum atomic E-state index is 0.650. The SMILES string of the molecule is CN(Cc1cccc(Cl)c1)C1CCCCNC1. The molecule has 2 rings (SSSR count). The zero-order valence-corrected chi connectivity index (χ0v) is 11.2. The van der Waals surface area contributed by atoms with E-state index < -0.39 is 0 Å². The van der Waals surface area contributed by atoms with E-state index in [0.29, 0.717) is 6.04 Å². The Hall–Kier alpha value is -0.570. The van der Waals surface area contributed by atoms with Crippen LogP contribution in [0.2, 0.25) is 5.02 Å². The summed E-state index contributed by atoms with van der Waals surface area (Å²) in [7, 11) is 2.21. The van der Waals surface area contributed by atoms with Crippen LogP contribution in [-0.4, -0.2) is 31.1 Å². The molecule has 1 aliphatic rings. The van der Waals surface area contributed by atoms with E-state index in [1.807, 2.05) is 12.1 Å². The lowest BCUT2D eigenvalue weighted by Crippen LogP contribution is -2.38. The summed E-state index contributed by atoms with van der Waals surface area (Å²) in [6, 6.07) is 8.81. The van der Waals surface area contributed by atoms with Crippen LogP contribution in [0.3, 0.4) is 0 Å². The molecule has 1 aromatic rings. The summed E-state index contributed by atoms with van der Waals surface area (Å²) < 4.78 is 0. The number of benzene rings is 1. The number of hydrogen-bond donors (Lipinski definition) is 1. The zero-order chi connectivity index (χ0) is 12.1. The van der Waals surface area contributed by atoms with E-state index in [2.05, 4.69) is 29.4 Å². The van der Waals surface area contributed by atoms with E-state index in [1.165, 1.54) is 31.4 Å². The molecule has 1 heterocycles. The fourth-order valence-corrected chi connectivity index (χ4v) is 2.64. The molecule has 1 fully saturated rings. The molecule has 0 bridgehead atoms. The summed E-state index contributed by atoms with van der Waals surface area (Å²) in [5.41, 5.74) is 1.30. The highest BCUT2D eigenvalue weighted by atomic mass is 35.5. The van der Waals surface area contributed by atoms with Crippen molar-refractivity contribution in [3.05, 3.63) is 34.9 Å². The van der Waals surface area contributed by atoms with Gasteiger partial charge in [0, 0.05) is 24.2 Å². The Labute approximate surface area is 109 Å². The third-order valence-corrected chi connectivity index (χ3v) is 3.70. The maximum absolute atomic E-state index is 6.01. The molecule has 0 aromatic heterocycles. The Balaban J connectivity index is 1.93. The molecule has 17 heavy (non-hydrogen) atoms. The summed E-state index contributed by atoms with van der Waals surface area (Å²) in [6.45, 7) is 3.26. The molecule has 1 aromatic carbocycles. The van der Waals surface area contributed by atoms with Gasteiger partial charge in [-0.3, -0.25) is 4.90 Å². The first-order chi connectivity index (χ1) is 8.25. The quantitative estimate of drug-likeness (QED) is 0.890. The van der Waals surface area contributed by atoms with Crippen LogP contribution in [0.25, 0.3) is 0 Å². The molecule has 2 nitrogen and oxygen atoms in total. The molecule has 1 atom stereocenters. The third-order valence-electron chi connectivity index (χ3n) is 3.47. The highest BCUT2D eigenvalue weighted by Crippen LogP contribution is 2.16. The molecule has 3 heteroatoms. The van der Waals surface area contributed by atoms with Crippen LogP contribution in [0.5, 0.6) is 0 Å². The van der Waals surface area contributed by atoms with Crippen LogP contribution in [0, 0.1) is 0 Å². The van der Waals surface area contributed by atoms with Crippen molar-refractivity contribution in [2.75, 3.05) is 20.1 Å². The number of nitrogens with one attached hydrogen (secondary N) is 1. The number of likely N-dealkylation sites (N-methyl/N-ethyl adjacent to an activating group) is 1. The Morgan fingerprint density at radius 3 is 3.12 bits per heavy atom. The van der Waals surface area contributed by atoms with Gasteiger partial charge in [0.2, 0.25) is 0 Å². The molecule has 0 radical (unpaired) electrons. The zero-order valence-electron chi connectivity index (χ0n) is 10.5. The van der Waals surface area contributed by atoms with Crippen molar-refractivity contribution in [3.8, 4) is 0 Å². The van der Waals surface area contributed by atoms with Crippen molar-refractivity contribution >= 4 is 11.6 Å². The van der Waals surface area contributed by atoms with E-state index in [9.17, 15) is 0 Å². The molecule has 1 aliphatic heterocycles. The fraction of sp³-hybridized carbons (Fsp3) is 0.571. The Bertz CT molecular complexity index is 346. The highest BCUT2D eigenvalue weighted by Gasteiger charge is 2.16. The van der Waals surface area contributed by atoms with E-state index >= 15 is 0 Å². The second-order valence-electron chi connectivity index (χ2n) is 4.90. The summed E-state index contributed by atoms with van der Waals surface area (Å²) in [6.07, 6.45) is 3.93. The topological polar surface area (TPSA) is 15.3 Å². The predicted octanol–water partition coefficient (Wildman–Crippen LogP) is 2.91. The summed E-state index contributed by atoms with van der Waals surface area (Å²) in [5.74, 6) is 0. The van der Waals surface area contributed by atoms with Gasteiger partial charge in [0.25, 0.3) is 0 Å². The number of halogens is 1. The summed E-state index contributed by atoms with van der Waals surface area (Å²) in [4.78, 5) is 2.43. The lowest BCUT2D eigenvalue weighted by molar-refractivity contribution is 0.222. The third kappa shape index (κ3) is 3.98. The maximum atomic E-state index is 6.01. The first kappa shape index (κ1) is 12.9. The van der Waals surface area contributed by atoms with Gasteiger partial charge in [-0.1, -0.05) is 30.2 Å². The minimum absolute atomic E-state index is 0.650. The average Bonchev–Trinajstić information content (AvgIpc) is 2.57. The van der Waals surface area contributed by atoms with Gasteiger partial charge >= 0.3 is 0 Å². The lowest BCUT2D eigenvalue weighted by Gasteiger charge is -2.27. The van der Waals surface area contributed by atoms with Crippen LogP contribution >= 0.6 is 11.6 Å². The van der Waals surface area contributed by atoms with Gasteiger partial charge in [-0.15, -0.1) is 0 Å². The van der Waals surface area contributed by atoms with E-state index in [1.54, 1.807) is 0 Å².